The lowest BCUT2D eigenvalue weighted by molar-refractivity contribution is -0.0690. The monoisotopic (exact) mass is 844 g/mol. The van der Waals surface area contributed by atoms with Gasteiger partial charge in [-0.3, -0.25) is 9.05 Å². The van der Waals surface area contributed by atoms with Crippen LogP contribution in [0.2, 0.25) is 0 Å². The van der Waals surface area contributed by atoms with Gasteiger partial charge >= 0.3 is 7.82 Å². The molecule has 0 aliphatic carbocycles. The van der Waals surface area contributed by atoms with E-state index in [1.54, 1.807) is 0 Å². The van der Waals surface area contributed by atoms with Crippen LogP contribution in [0.4, 0.5) is 10.2 Å². The molecule has 3 heterocycles. The Kier molecular flexibility index (Phi) is 20.1. The molecule has 4 rings (SSSR count). The number of rotatable bonds is 29. The van der Waals surface area contributed by atoms with Crippen molar-refractivity contribution in [2.75, 3.05) is 32.2 Å². The minimum atomic E-state index is -4.84. The first-order valence-electron chi connectivity index (χ1n) is 21.0. The van der Waals surface area contributed by atoms with Crippen LogP contribution in [0.15, 0.2) is 30.6 Å². The molecule has 0 radical (unpaired) electrons. The number of nitrogen functional groups attached to an aromatic ring is 1. The number of unbranched alkanes of at least 4 members (excludes halogenated alkanes) is 15. The van der Waals surface area contributed by atoms with E-state index in [0.717, 1.165) is 25.6 Å². The molecule has 15 nitrogen and oxygen atoms in total. The van der Waals surface area contributed by atoms with Gasteiger partial charge in [0.1, 0.15) is 48.1 Å². The SMILES string of the molecule is CCCCCCCCCCCCCCCCCCOC[C@H](COP(=O)(O)OC[C@H]1O[C@@](C#N)(c2ccc3c(N)ncnn23)[C@H](O)[C@@H]1O)OCc1cc(F)c(C)c(C#N)c1. The highest BCUT2D eigenvalue weighted by atomic mass is 31.2. The van der Waals surface area contributed by atoms with Crippen LogP contribution in [0.5, 0.6) is 0 Å². The largest absolute Gasteiger partial charge is 0.472 e. The second-order valence-corrected chi connectivity index (χ2v) is 16.8. The number of ether oxygens (including phenoxy) is 3. The van der Waals surface area contributed by atoms with Crippen LogP contribution in [0.1, 0.15) is 132 Å². The molecule has 59 heavy (non-hydrogen) atoms. The van der Waals surface area contributed by atoms with Crippen molar-refractivity contribution in [3.8, 4) is 12.1 Å². The van der Waals surface area contributed by atoms with Gasteiger partial charge in [-0.2, -0.15) is 15.6 Å². The molecule has 1 unspecified atom stereocenters. The van der Waals surface area contributed by atoms with Crippen LogP contribution in [-0.4, -0.2) is 80.5 Å². The maximum absolute atomic E-state index is 14.5. The summed E-state index contributed by atoms with van der Waals surface area (Å²) in [4.78, 5) is 14.5. The first-order valence-corrected chi connectivity index (χ1v) is 22.5. The summed E-state index contributed by atoms with van der Waals surface area (Å²) in [6, 6.07) is 9.58. The minimum absolute atomic E-state index is 0.0150. The maximum Gasteiger partial charge on any atom is 0.472 e. The number of benzene rings is 1. The minimum Gasteiger partial charge on any atom is -0.387 e. The highest BCUT2D eigenvalue weighted by molar-refractivity contribution is 7.47. The van der Waals surface area contributed by atoms with Gasteiger partial charge in [-0.15, -0.1) is 0 Å². The molecule has 6 atom stereocenters. The quantitative estimate of drug-likeness (QED) is 0.0393. The van der Waals surface area contributed by atoms with Crippen LogP contribution in [0.25, 0.3) is 5.52 Å². The standard InChI is InChI=1S/C42H62FN6O9P/c1-3-4-5-6-7-8-9-10-11-12-13-14-15-16-17-18-21-54-26-34(55-25-32-22-33(24-44)31(2)35(43)23-32)27-56-59(52,53)57-28-37-39(50)40(51)42(29-45,58-37)38-20-19-36-41(46)47-30-48-49(36)38/h19-20,22-23,30,34,37,39-40,50-51H,3-18,21,25-28H2,1-2H3,(H,52,53)(H2,46,47,48)/t34-,37-,39-,40-,42+/m1/s1. The van der Waals surface area contributed by atoms with Crippen LogP contribution in [-0.2, 0) is 40.0 Å². The molecule has 0 amide bonds. The van der Waals surface area contributed by atoms with Gasteiger partial charge < -0.3 is 35.1 Å². The number of aliphatic hydroxyl groups excluding tert-OH is 2. The van der Waals surface area contributed by atoms with Crippen LogP contribution < -0.4 is 5.73 Å². The number of halogens is 1. The van der Waals surface area contributed by atoms with E-state index >= 15 is 0 Å². The van der Waals surface area contributed by atoms with E-state index in [1.807, 2.05) is 12.1 Å². The Bertz CT molecular complexity index is 1870. The van der Waals surface area contributed by atoms with Crippen molar-refractivity contribution in [3.63, 3.8) is 0 Å². The van der Waals surface area contributed by atoms with Crippen molar-refractivity contribution in [1.82, 2.24) is 14.6 Å². The Labute approximate surface area is 347 Å². The molecule has 3 aromatic rings. The van der Waals surface area contributed by atoms with Gasteiger partial charge in [-0.25, -0.2) is 18.5 Å². The maximum atomic E-state index is 14.5. The molecule has 1 aliphatic heterocycles. The second-order valence-electron chi connectivity index (χ2n) is 15.3. The molecule has 1 saturated heterocycles. The zero-order chi connectivity index (χ0) is 42.7. The smallest absolute Gasteiger partial charge is 0.387 e. The molecule has 5 N–H and O–H groups in total. The summed E-state index contributed by atoms with van der Waals surface area (Å²) in [6.07, 6.45) is 15.3. The lowest BCUT2D eigenvalue weighted by Crippen LogP contribution is -2.41. The van der Waals surface area contributed by atoms with E-state index in [9.17, 15) is 34.6 Å². The molecular weight excluding hydrogens is 782 g/mol. The zero-order valence-electron chi connectivity index (χ0n) is 34.5. The molecule has 0 saturated carbocycles. The predicted octanol–water partition coefficient (Wildman–Crippen LogP) is 7.47. The van der Waals surface area contributed by atoms with Gasteiger partial charge in [0.2, 0.25) is 5.60 Å². The van der Waals surface area contributed by atoms with Crippen molar-refractivity contribution in [3.05, 3.63) is 58.8 Å². The molecule has 326 valence electrons. The normalized spacial score (nSPS) is 20.7. The number of hydrogen-bond donors (Lipinski definition) is 4. The Hall–Kier alpha value is -3.54. The van der Waals surface area contributed by atoms with E-state index < -0.39 is 56.9 Å². The van der Waals surface area contributed by atoms with E-state index in [1.165, 1.54) is 119 Å². The molecular formula is C42H62FN6O9P. The highest BCUT2D eigenvalue weighted by Gasteiger charge is 2.58. The van der Waals surface area contributed by atoms with Crippen molar-refractivity contribution >= 4 is 19.2 Å². The number of aliphatic hydroxyl groups is 2. The summed E-state index contributed by atoms with van der Waals surface area (Å²) in [5.74, 6) is -0.454. The average Bonchev–Trinajstić information content (AvgIpc) is 3.77. The number of nitrogens with two attached hydrogens (primary N) is 1. The first-order chi connectivity index (χ1) is 28.5. The number of nitrogens with zero attached hydrogens (tertiary/aromatic N) is 5. The van der Waals surface area contributed by atoms with E-state index in [0.29, 0.717) is 17.7 Å². The first kappa shape index (κ1) is 48.1. The fourth-order valence-corrected chi connectivity index (χ4v) is 7.96. The van der Waals surface area contributed by atoms with Crippen molar-refractivity contribution in [2.45, 2.75) is 153 Å². The summed E-state index contributed by atoms with van der Waals surface area (Å²) in [5, 5.41) is 45.4. The number of aromatic nitrogens is 3. The number of phosphoric acid groups is 1. The molecule has 2 aromatic heterocycles. The lowest BCUT2D eigenvalue weighted by Gasteiger charge is -2.24. The average molecular weight is 845 g/mol. The molecule has 17 heteroatoms. The van der Waals surface area contributed by atoms with Crippen LogP contribution in [0.3, 0.4) is 0 Å². The molecule has 1 aliphatic rings. The third-order valence-corrected chi connectivity index (χ3v) is 11.7. The van der Waals surface area contributed by atoms with Crippen LogP contribution in [0, 0.1) is 35.4 Å². The van der Waals surface area contributed by atoms with Gasteiger partial charge in [0.15, 0.2) is 5.82 Å². The number of phosphoric ester groups is 1. The van der Waals surface area contributed by atoms with E-state index in [2.05, 4.69) is 17.0 Å². The highest BCUT2D eigenvalue weighted by Crippen LogP contribution is 2.46. The third-order valence-electron chi connectivity index (χ3n) is 10.8. The van der Waals surface area contributed by atoms with Gasteiger partial charge in [0, 0.05) is 12.2 Å². The van der Waals surface area contributed by atoms with Crippen molar-refractivity contribution in [1.29, 1.82) is 10.5 Å². The Morgan fingerprint density at radius 2 is 1.59 bits per heavy atom. The Morgan fingerprint density at radius 1 is 0.966 bits per heavy atom. The summed E-state index contributed by atoms with van der Waals surface area (Å²) in [6.45, 7) is 2.82. The van der Waals surface area contributed by atoms with Gasteiger partial charge in [0.05, 0.1) is 43.8 Å². The van der Waals surface area contributed by atoms with Crippen LogP contribution >= 0.6 is 7.82 Å². The number of anilines is 1. The van der Waals surface area contributed by atoms with Crippen molar-refractivity contribution in [2.24, 2.45) is 0 Å². The number of hydrogen-bond acceptors (Lipinski definition) is 13. The van der Waals surface area contributed by atoms with E-state index in [4.69, 9.17) is 29.0 Å². The second kappa shape index (κ2) is 24.7. The lowest BCUT2D eigenvalue weighted by atomic mass is 9.92. The summed E-state index contributed by atoms with van der Waals surface area (Å²) >= 11 is 0. The summed E-state index contributed by atoms with van der Waals surface area (Å²) in [5.41, 5.74) is 4.92. The Balaban J connectivity index is 1.22. The third kappa shape index (κ3) is 14.3. The van der Waals surface area contributed by atoms with Gasteiger partial charge in [-0.05, 0) is 43.2 Å². The fraction of sp³-hybridized carbons (Fsp3) is 0.667. The zero-order valence-corrected chi connectivity index (χ0v) is 35.4. The van der Waals surface area contributed by atoms with Crippen molar-refractivity contribution < 1.29 is 47.3 Å². The molecule has 1 fully saturated rings. The molecule has 1 aromatic carbocycles. The fourth-order valence-electron chi connectivity index (χ4n) is 7.19. The number of nitriles is 2. The summed E-state index contributed by atoms with van der Waals surface area (Å²) < 4.78 is 56.8. The molecule has 0 spiro atoms. The van der Waals surface area contributed by atoms with Gasteiger partial charge in [0.25, 0.3) is 0 Å². The summed E-state index contributed by atoms with van der Waals surface area (Å²) in [7, 11) is -4.84. The topological polar surface area (TPSA) is 228 Å². The number of fused-ring (bicyclic) bond motifs is 1. The van der Waals surface area contributed by atoms with Gasteiger partial charge in [-0.1, -0.05) is 103 Å². The predicted molar refractivity (Wildman–Crippen MR) is 218 cm³/mol. The molecule has 0 bridgehead atoms. The Morgan fingerprint density at radius 3 is 2.20 bits per heavy atom. The van der Waals surface area contributed by atoms with E-state index in [-0.39, 0.29) is 35.9 Å².